The maximum atomic E-state index is 12.5. The third kappa shape index (κ3) is 3.70. The Hall–Kier alpha value is -1.62. The fourth-order valence-corrected chi connectivity index (χ4v) is 2.28. The van der Waals surface area contributed by atoms with Gasteiger partial charge in [0, 0.05) is 31.5 Å². The maximum Gasteiger partial charge on any atom is 0.253 e. The van der Waals surface area contributed by atoms with Crippen molar-refractivity contribution >= 4 is 11.6 Å². The van der Waals surface area contributed by atoms with Crippen LogP contribution < -0.4 is 10.6 Å². The minimum absolute atomic E-state index is 0.0459. The van der Waals surface area contributed by atoms with Crippen molar-refractivity contribution in [2.24, 2.45) is 0 Å². The van der Waals surface area contributed by atoms with Crippen molar-refractivity contribution in [2.45, 2.75) is 38.6 Å². The lowest BCUT2D eigenvalue weighted by Gasteiger charge is -2.34. The Bertz CT molecular complexity index is 456. The molecule has 0 unspecified atom stereocenters. The molecule has 2 rings (SSSR count). The van der Waals surface area contributed by atoms with Crippen molar-refractivity contribution in [1.82, 2.24) is 10.3 Å². The molecule has 20 heavy (non-hydrogen) atoms. The summed E-state index contributed by atoms with van der Waals surface area (Å²) in [5, 5.41) is 6.39. The van der Waals surface area contributed by atoms with Crippen LogP contribution >= 0.6 is 0 Å². The molecule has 0 aromatic carbocycles. The van der Waals surface area contributed by atoms with Crippen molar-refractivity contribution < 1.29 is 9.53 Å². The van der Waals surface area contributed by atoms with Gasteiger partial charge in [-0.25, -0.2) is 0 Å². The van der Waals surface area contributed by atoms with Crippen molar-refractivity contribution in [2.75, 3.05) is 25.1 Å². The van der Waals surface area contributed by atoms with E-state index in [1.54, 1.807) is 18.5 Å². The predicted octanol–water partition coefficient (Wildman–Crippen LogP) is 2.20. The van der Waals surface area contributed by atoms with E-state index in [0.717, 1.165) is 31.5 Å². The third-order valence-corrected chi connectivity index (χ3v) is 3.64. The molecule has 0 aliphatic carbocycles. The smallest absolute Gasteiger partial charge is 0.253 e. The van der Waals surface area contributed by atoms with Gasteiger partial charge in [-0.05, 0) is 32.3 Å². The molecule has 0 bridgehead atoms. The molecule has 5 heteroatoms. The molecule has 1 aromatic heterocycles. The second kappa shape index (κ2) is 6.70. The first-order valence-electron chi connectivity index (χ1n) is 7.23. The summed E-state index contributed by atoms with van der Waals surface area (Å²) in [6, 6.07) is 1.76. The normalized spacial score (nSPS) is 17.5. The van der Waals surface area contributed by atoms with Crippen molar-refractivity contribution in [1.29, 1.82) is 0 Å². The molecule has 1 amide bonds. The predicted molar refractivity (Wildman–Crippen MR) is 78.9 cm³/mol. The van der Waals surface area contributed by atoms with Gasteiger partial charge in [0.15, 0.2) is 0 Å². The van der Waals surface area contributed by atoms with Gasteiger partial charge in [-0.2, -0.15) is 0 Å². The lowest BCUT2D eigenvalue weighted by Crippen LogP contribution is -2.49. The maximum absolute atomic E-state index is 12.5. The summed E-state index contributed by atoms with van der Waals surface area (Å²) in [5.41, 5.74) is 1.27. The molecule has 0 saturated carbocycles. The highest BCUT2D eigenvalue weighted by Gasteiger charge is 2.29. The highest BCUT2D eigenvalue weighted by atomic mass is 16.5. The lowest BCUT2D eigenvalue weighted by molar-refractivity contribution is 0.0423. The highest BCUT2D eigenvalue weighted by Crippen LogP contribution is 2.22. The number of rotatable bonds is 5. The molecule has 1 saturated heterocycles. The van der Waals surface area contributed by atoms with E-state index in [0.29, 0.717) is 18.8 Å². The van der Waals surface area contributed by atoms with Gasteiger partial charge in [-0.3, -0.25) is 9.78 Å². The van der Waals surface area contributed by atoms with Crippen molar-refractivity contribution in [3.63, 3.8) is 0 Å². The van der Waals surface area contributed by atoms with Crippen LogP contribution in [0.2, 0.25) is 0 Å². The van der Waals surface area contributed by atoms with E-state index in [1.165, 1.54) is 0 Å². The van der Waals surface area contributed by atoms with Crippen LogP contribution in [-0.2, 0) is 4.74 Å². The summed E-state index contributed by atoms with van der Waals surface area (Å²) < 4.78 is 5.36. The zero-order valence-corrected chi connectivity index (χ0v) is 12.2. The van der Waals surface area contributed by atoms with Crippen LogP contribution in [0.4, 0.5) is 5.69 Å². The zero-order valence-electron chi connectivity index (χ0n) is 12.2. The molecule has 1 aliphatic heterocycles. The van der Waals surface area contributed by atoms with Crippen molar-refractivity contribution in [3.05, 3.63) is 24.0 Å². The molecule has 0 atom stereocenters. The summed E-state index contributed by atoms with van der Waals surface area (Å²) in [4.78, 5) is 16.6. The summed E-state index contributed by atoms with van der Waals surface area (Å²) in [6.45, 7) is 6.40. The topological polar surface area (TPSA) is 63.2 Å². The van der Waals surface area contributed by atoms with Gasteiger partial charge in [-0.15, -0.1) is 0 Å². The van der Waals surface area contributed by atoms with Gasteiger partial charge >= 0.3 is 0 Å². The Morgan fingerprint density at radius 2 is 2.20 bits per heavy atom. The van der Waals surface area contributed by atoms with Crippen LogP contribution in [0.15, 0.2) is 18.5 Å². The van der Waals surface area contributed by atoms with Crippen molar-refractivity contribution in [3.8, 4) is 0 Å². The van der Waals surface area contributed by atoms with E-state index in [2.05, 4.69) is 29.5 Å². The highest BCUT2D eigenvalue weighted by molar-refractivity contribution is 5.99. The lowest BCUT2D eigenvalue weighted by atomic mass is 9.92. The molecular formula is C15H23N3O2. The molecule has 110 valence electrons. The first-order chi connectivity index (χ1) is 9.64. The molecule has 0 radical (unpaired) electrons. The Kier molecular flexibility index (Phi) is 4.95. The van der Waals surface area contributed by atoms with Gasteiger partial charge in [0.05, 0.1) is 17.4 Å². The number of pyridine rings is 1. The van der Waals surface area contributed by atoms with Gasteiger partial charge in [0.25, 0.3) is 5.91 Å². The van der Waals surface area contributed by atoms with E-state index < -0.39 is 0 Å². The van der Waals surface area contributed by atoms with Crippen LogP contribution in [0.3, 0.4) is 0 Å². The van der Waals surface area contributed by atoms with Crippen LogP contribution in [0.1, 0.15) is 43.5 Å². The molecule has 1 aliphatic rings. The monoisotopic (exact) mass is 277 g/mol. The number of hydrogen-bond donors (Lipinski definition) is 2. The largest absolute Gasteiger partial charge is 0.383 e. The summed E-state index contributed by atoms with van der Waals surface area (Å²) in [5.74, 6) is -0.0459. The quantitative estimate of drug-likeness (QED) is 0.866. The second-order valence-electron chi connectivity index (χ2n) is 5.48. The number of amides is 1. The summed E-state index contributed by atoms with van der Waals surface area (Å²) >= 11 is 0. The second-order valence-corrected chi connectivity index (χ2v) is 5.48. The Morgan fingerprint density at radius 3 is 2.90 bits per heavy atom. The Labute approximate surface area is 120 Å². The minimum atomic E-state index is -0.180. The van der Waals surface area contributed by atoms with Crippen LogP contribution in [0.5, 0.6) is 0 Å². The Morgan fingerprint density at radius 1 is 1.45 bits per heavy atom. The van der Waals surface area contributed by atoms with E-state index in [-0.39, 0.29) is 11.4 Å². The molecule has 2 heterocycles. The van der Waals surface area contributed by atoms with Crippen LogP contribution in [-0.4, -0.2) is 36.2 Å². The van der Waals surface area contributed by atoms with Crippen LogP contribution in [0.25, 0.3) is 0 Å². The van der Waals surface area contributed by atoms with Gasteiger partial charge in [-0.1, -0.05) is 6.92 Å². The van der Waals surface area contributed by atoms with E-state index in [1.807, 2.05) is 0 Å². The summed E-state index contributed by atoms with van der Waals surface area (Å²) in [7, 11) is 0. The SMILES string of the molecule is CCCNc1cnccc1C(=O)NC1(C)CCOCC1. The van der Waals surface area contributed by atoms with E-state index in [4.69, 9.17) is 4.74 Å². The third-order valence-electron chi connectivity index (χ3n) is 3.64. The average molecular weight is 277 g/mol. The van der Waals surface area contributed by atoms with Gasteiger partial charge in [0.1, 0.15) is 0 Å². The number of ether oxygens (including phenoxy) is 1. The fraction of sp³-hybridized carbons (Fsp3) is 0.600. The number of aromatic nitrogens is 1. The number of nitrogens with zero attached hydrogens (tertiary/aromatic N) is 1. The molecule has 1 fully saturated rings. The number of nitrogens with one attached hydrogen (secondary N) is 2. The number of anilines is 1. The van der Waals surface area contributed by atoms with E-state index >= 15 is 0 Å². The number of carbonyl (C=O) groups is 1. The Balaban J connectivity index is 2.08. The average Bonchev–Trinajstić information content (AvgIpc) is 2.45. The number of hydrogen-bond acceptors (Lipinski definition) is 4. The van der Waals surface area contributed by atoms with Gasteiger partial charge < -0.3 is 15.4 Å². The molecule has 2 N–H and O–H groups in total. The zero-order chi connectivity index (χ0) is 14.4. The summed E-state index contributed by atoms with van der Waals surface area (Å²) in [6.07, 6.45) is 6.06. The number of carbonyl (C=O) groups excluding carboxylic acids is 1. The standard InChI is InChI=1S/C15H23N3O2/c1-3-7-17-13-11-16-8-4-12(13)14(19)18-15(2)5-9-20-10-6-15/h4,8,11,17H,3,5-7,9-10H2,1-2H3,(H,18,19). The van der Waals surface area contributed by atoms with E-state index in [9.17, 15) is 4.79 Å². The first-order valence-corrected chi connectivity index (χ1v) is 7.23. The molecule has 1 aromatic rings. The molecule has 0 spiro atoms. The minimum Gasteiger partial charge on any atom is -0.383 e. The molecular weight excluding hydrogens is 254 g/mol. The fourth-order valence-electron chi connectivity index (χ4n) is 2.28. The molecule has 5 nitrogen and oxygen atoms in total. The van der Waals surface area contributed by atoms with Crippen LogP contribution in [0, 0.1) is 0 Å². The first kappa shape index (κ1) is 14.8. The van der Waals surface area contributed by atoms with Gasteiger partial charge in [0.2, 0.25) is 0 Å².